The molecule has 4 rings (SSSR count). The molecule has 314 valence electrons. The van der Waals surface area contributed by atoms with Crippen molar-refractivity contribution in [3.05, 3.63) is 96.7 Å². The third-order valence-electron chi connectivity index (χ3n) is 9.73. The second-order valence-corrected chi connectivity index (χ2v) is 16.6. The molecule has 0 saturated heterocycles. The summed E-state index contributed by atoms with van der Waals surface area (Å²) in [6.45, 7) is 2.84. The molecule has 0 unspecified atom stereocenters. The van der Waals surface area contributed by atoms with E-state index in [1.165, 1.54) is 133 Å². The van der Waals surface area contributed by atoms with Crippen molar-refractivity contribution in [3.8, 4) is 5.69 Å². The van der Waals surface area contributed by atoms with Gasteiger partial charge in [-0.2, -0.15) is 0 Å². The van der Waals surface area contributed by atoms with Crippen LogP contribution in [0.25, 0.3) is 5.69 Å². The van der Waals surface area contributed by atoms with Gasteiger partial charge in [0.1, 0.15) is 16.4 Å². The van der Waals surface area contributed by atoms with Crippen molar-refractivity contribution in [1.82, 2.24) is 15.1 Å². The molecule has 0 aliphatic rings. The van der Waals surface area contributed by atoms with Crippen molar-refractivity contribution in [1.29, 1.82) is 0 Å². The Labute approximate surface area is 361 Å². The Hall–Kier alpha value is -3.90. The summed E-state index contributed by atoms with van der Waals surface area (Å²) in [5, 5.41) is 9.69. The lowest BCUT2D eigenvalue weighted by atomic mass is 10.0. The number of H-pyrrole nitrogens is 1. The maximum absolute atomic E-state index is 14.1. The van der Waals surface area contributed by atoms with Crippen molar-refractivity contribution in [3.63, 3.8) is 0 Å². The number of hydrogen-bond donors (Lipinski definition) is 3. The van der Waals surface area contributed by atoms with Crippen LogP contribution in [-0.2, 0) is 9.47 Å². The Morgan fingerprint density at radius 2 is 1.21 bits per heavy atom. The molecule has 0 saturated carbocycles. The molecule has 0 fully saturated rings. The predicted molar refractivity (Wildman–Crippen MR) is 236 cm³/mol. The number of aromatic amines is 1. The van der Waals surface area contributed by atoms with E-state index < -0.39 is 17.5 Å². The van der Waals surface area contributed by atoms with E-state index in [1.807, 2.05) is 0 Å². The second kappa shape index (κ2) is 24.9. The number of carbonyl (C=O) groups excluding carboxylic acids is 3. The fourth-order valence-corrected chi connectivity index (χ4v) is 8.55. The lowest BCUT2D eigenvalue weighted by Crippen LogP contribution is -2.24. The number of aromatic nitrogens is 2. The number of halogens is 3. The standard InChI is InChI=1S/C44H55Cl3N4O6S/c1-4-5-6-7-8-9-10-11-12-13-14-15-16-17-18-19-23-48-41(52)30-21-20-22-35(27-30)58-39-40(50-51(42(39)53)38-36(46)28-33(45)29-37(38)47)49-34-25-31(43(54)56-2)24-32(26-34)44(55)57-3/h20-22,24-29,49-50H,4-19,23H2,1-3H3,(H,48,52). The number of amides is 1. The number of unbranched alkanes of at least 4 members (excludes halogenated alkanes) is 15. The van der Waals surface area contributed by atoms with E-state index in [1.54, 1.807) is 24.3 Å². The molecule has 3 N–H and O–H groups in total. The van der Waals surface area contributed by atoms with E-state index in [2.05, 4.69) is 22.7 Å². The number of nitrogens with one attached hydrogen (secondary N) is 3. The molecule has 0 bridgehead atoms. The van der Waals surface area contributed by atoms with E-state index in [0.29, 0.717) is 17.0 Å². The molecular weight excluding hydrogens is 819 g/mol. The molecule has 0 aliphatic heterocycles. The van der Waals surface area contributed by atoms with Crippen LogP contribution in [0.4, 0.5) is 11.5 Å². The van der Waals surface area contributed by atoms with E-state index in [4.69, 9.17) is 44.3 Å². The van der Waals surface area contributed by atoms with Crippen molar-refractivity contribution in [2.45, 2.75) is 119 Å². The summed E-state index contributed by atoms with van der Waals surface area (Å²) in [4.78, 5) is 53.1. The molecule has 1 heterocycles. The van der Waals surface area contributed by atoms with Crippen molar-refractivity contribution in [2.24, 2.45) is 0 Å². The van der Waals surface area contributed by atoms with Gasteiger partial charge in [0.2, 0.25) is 0 Å². The van der Waals surface area contributed by atoms with Gasteiger partial charge in [0.25, 0.3) is 11.5 Å². The van der Waals surface area contributed by atoms with Gasteiger partial charge < -0.3 is 20.1 Å². The quantitative estimate of drug-likeness (QED) is 0.0443. The molecule has 0 aliphatic carbocycles. The number of esters is 2. The van der Waals surface area contributed by atoms with Gasteiger partial charge >= 0.3 is 11.9 Å². The van der Waals surface area contributed by atoms with Crippen LogP contribution in [0.3, 0.4) is 0 Å². The summed E-state index contributed by atoms with van der Waals surface area (Å²) >= 11 is 20.3. The smallest absolute Gasteiger partial charge is 0.337 e. The van der Waals surface area contributed by atoms with Gasteiger partial charge in [-0.3, -0.25) is 14.7 Å². The summed E-state index contributed by atoms with van der Waals surface area (Å²) in [5.41, 5.74) is 0.512. The number of nitrogens with zero attached hydrogens (tertiary/aromatic N) is 1. The van der Waals surface area contributed by atoms with E-state index in [9.17, 15) is 19.2 Å². The minimum atomic E-state index is -0.681. The van der Waals surface area contributed by atoms with E-state index >= 15 is 0 Å². The zero-order valence-corrected chi connectivity index (χ0v) is 36.7. The van der Waals surface area contributed by atoms with Crippen LogP contribution in [0, 0.1) is 0 Å². The van der Waals surface area contributed by atoms with Crippen molar-refractivity contribution in [2.75, 3.05) is 26.1 Å². The maximum Gasteiger partial charge on any atom is 0.337 e. The Bertz CT molecular complexity index is 1980. The first-order valence-electron chi connectivity index (χ1n) is 20.2. The first-order chi connectivity index (χ1) is 28.1. The zero-order valence-electron chi connectivity index (χ0n) is 33.7. The van der Waals surface area contributed by atoms with Gasteiger partial charge in [-0.1, -0.05) is 156 Å². The van der Waals surface area contributed by atoms with Crippen LogP contribution in [0.1, 0.15) is 141 Å². The minimum absolute atomic E-state index is 0.0750. The molecule has 10 nitrogen and oxygen atoms in total. The molecule has 4 aromatic rings. The highest BCUT2D eigenvalue weighted by atomic mass is 35.5. The fourth-order valence-electron chi connectivity index (χ4n) is 6.62. The van der Waals surface area contributed by atoms with Gasteiger partial charge in [0, 0.05) is 27.7 Å². The summed E-state index contributed by atoms with van der Waals surface area (Å²) < 4.78 is 10.9. The highest BCUT2D eigenvalue weighted by Crippen LogP contribution is 2.36. The summed E-state index contributed by atoms with van der Waals surface area (Å²) in [6.07, 6.45) is 20.6. The van der Waals surface area contributed by atoms with Crippen LogP contribution in [0.2, 0.25) is 15.1 Å². The van der Waals surface area contributed by atoms with Crippen molar-refractivity contribution < 1.29 is 23.9 Å². The lowest BCUT2D eigenvalue weighted by Gasteiger charge is -2.11. The molecular formula is C44H55Cl3N4O6S. The number of anilines is 2. The Morgan fingerprint density at radius 3 is 1.72 bits per heavy atom. The number of hydrogen-bond acceptors (Lipinski definition) is 8. The van der Waals surface area contributed by atoms with Gasteiger partial charge in [-0.25, -0.2) is 14.3 Å². The normalized spacial score (nSPS) is 11.1. The molecule has 1 amide bonds. The maximum atomic E-state index is 14.1. The topological polar surface area (TPSA) is 132 Å². The zero-order chi connectivity index (χ0) is 41.9. The number of rotatable bonds is 25. The largest absolute Gasteiger partial charge is 0.465 e. The monoisotopic (exact) mass is 872 g/mol. The number of methoxy groups -OCH3 is 2. The number of carbonyl (C=O) groups is 3. The third-order valence-corrected chi connectivity index (χ3v) is 11.6. The molecule has 3 aromatic carbocycles. The lowest BCUT2D eigenvalue weighted by molar-refractivity contribution is 0.0599. The highest BCUT2D eigenvalue weighted by molar-refractivity contribution is 7.99. The molecule has 0 spiro atoms. The highest BCUT2D eigenvalue weighted by Gasteiger charge is 2.23. The Kier molecular flexibility index (Phi) is 20.1. The Morgan fingerprint density at radius 1 is 0.690 bits per heavy atom. The van der Waals surface area contributed by atoms with Gasteiger partial charge in [0.05, 0.1) is 35.4 Å². The summed E-state index contributed by atoms with van der Waals surface area (Å²) in [7, 11) is 2.45. The van der Waals surface area contributed by atoms with Crippen LogP contribution in [0.15, 0.2) is 69.2 Å². The van der Waals surface area contributed by atoms with Crippen molar-refractivity contribution >= 4 is 75.9 Å². The molecule has 0 atom stereocenters. The average molecular weight is 874 g/mol. The molecule has 58 heavy (non-hydrogen) atoms. The van der Waals surface area contributed by atoms with Crippen LogP contribution in [0.5, 0.6) is 0 Å². The first kappa shape index (κ1) is 46.8. The van der Waals surface area contributed by atoms with E-state index in [-0.39, 0.29) is 54.2 Å². The van der Waals surface area contributed by atoms with Gasteiger partial charge in [-0.15, -0.1) is 0 Å². The third kappa shape index (κ3) is 14.4. The average Bonchev–Trinajstić information content (AvgIpc) is 3.50. The minimum Gasteiger partial charge on any atom is -0.465 e. The number of benzene rings is 3. The summed E-state index contributed by atoms with van der Waals surface area (Å²) in [5.74, 6) is -1.38. The van der Waals surface area contributed by atoms with E-state index in [0.717, 1.165) is 31.0 Å². The molecule has 1 aromatic heterocycles. The van der Waals surface area contributed by atoms with Gasteiger partial charge in [-0.05, 0) is 55.0 Å². The van der Waals surface area contributed by atoms with Crippen LogP contribution >= 0.6 is 46.6 Å². The first-order valence-corrected chi connectivity index (χ1v) is 22.2. The van der Waals surface area contributed by atoms with Crippen LogP contribution in [-0.4, -0.2) is 48.4 Å². The summed E-state index contributed by atoms with van der Waals surface area (Å²) in [6, 6.07) is 14.2. The van der Waals surface area contributed by atoms with Crippen LogP contribution < -0.4 is 16.2 Å². The second-order valence-electron chi connectivity index (χ2n) is 14.3. The Balaban J connectivity index is 1.37. The SMILES string of the molecule is CCCCCCCCCCCCCCCCCCNC(=O)c1cccc(Sc2c(Nc3cc(C(=O)OC)cc(C(=O)OC)c3)[nH]n(-c3c(Cl)cc(Cl)cc3Cl)c2=O)c1. The predicted octanol–water partition coefficient (Wildman–Crippen LogP) is 12.6. The van der Waals surface area contributed by atoms with Gasteiger partial charge in [0.15, 0.2) is 0 Å². The fraction of sp³-hybridized carbons (Fsp3) is 0.455. The molecule has 0 radical (unpaired) electrons. The number of ether oxygens (including phenoxy) is 2. The molecule has 14 heteroatoms.